The summed E-state index contributed by atoms with van der Waals surface area (Å²) in [6.45, 7) is -0.151. The van der Waals surface area contributed by atoms with Crippen LogP contribution in [0.4, 0.5) is 5.69 Å². The molecule has 0 saturated heterocycles. The molecule has 0 heterocycles. The maximum atomic E-state index is 11.9. The lowest BCUT2D eigenvalue weighted by atomic mass is 10.2. The van der Waals surface area contributed by atoms with Gasteiger partial charge in [0.2, 0.25) is 0 Å². The first-order valence-corrected chi connectivity index (χ1v) is 7.51. The highest BCUT2D eigenvalue weighted by atomic mass is 127. The third-order valence-corrected chi connectivity index (χ3v) is 3.46. The molecule has 5 nitrogen and oxygen atoms in total. The van der Waals surface area contributed by atoms with Crippen LogP contribution in [0.3, 0.4) is 0 Å². The maximum Gasteiger partial charge on any atom is 0.262 e. The van der Waals surface area contributed by atoms with Gasteiger partial charge in [-0.2, -0.15) is 0 Å². The normalized spacial score (nSPS) is 9.91. The Bertz CT molecular complexity index is 688. The van der Waals surface area contributed by atoms with Crippen molar-refractivity contribution in [2.75, 3.05) is 19.0 Å². The number of ether oxygens (including phenoxy) is 2. The average Bonchev–Trinajstić information content (AvgIpc) is 2.52. The molecule has 0 fully saturated rings. The largest absolute Gasteiger partial charge is 0.493 e. The van der Waals surface area contributed by atoms with E-state index in [4.69, 9.17) is 9.47 Å². The molecule has 0 aliphatic heterocycles. The van der Waals surface area contributed by atoms with Gasteiger partial charge in [0.25, 0.3) is 5.91 Å². The predicted octanol–water partition coefficient (Wildman–Crippen LogP) is 3.13. The van der Waals surface area contributed by atoms with Crippen molar-refractivity contribution in [3.63, 3.8) is 0 Å². The summed E-state index contributed by atoms with van der Waals surface area (Å²) in [6, 6.07) is 12.2. The first kappa shape index (κ1) is 16.3. The van der Waals surface area contributed by atoms with Crippen LogP contribution < -0.4 is 14.8 Å². The second-order valence-corrected chi connectivity index (χ2v) is 5.62. The van der Waals surface area contributed by atoms with Crippen LogP contribution in [0.15, 0.2) is 42.5 Å². The molecule has 0 spiro atoms. The van der Waals surface area contributed by atoms with Crippen molar-refractivity contribution in [1.82, 2.24) is 0 Å². The van der Waals surface area contributed by atoms with Crippen LogP contribution in [-0.4, -0.2) is 25.9 Å². The molecule has 2 aromatic carbocycles. The minimum atomic E-state index is -0.275. The molecule has 0 saturated carbocycles. The summed E-state index contributed by atoms with van der Waals surface area (Å²) >= 11 is 2.17. The topological polar surface area (TPSA) is 64.6 Å². The Balaban J connectivity index is 1.97. The number of rotatable bonds is 6. The van der Waals surface area contributed by atoms with Gasteiger partial charge in [-0.05, 0) is 59.0 Å². The summed E-state index contributed by atoms with van der Waals surface area (Å²) in [5.74, 6) is 0.543. The molecule has 0 unspecified atom stereocenters. The second kappa shape index (κ2) is 7.79. The van der Waals surface area contributed by atoms with Gasteiger partial charge in [-0.15, -0.1) is 0 Å². The molecule has 22 heavy (non-hydrogen) atoms. The van der Waals surface area contributed by atoms with Gasteiger partial charge in [-0.3, -0.25) is 9.59 Å². The Kier molecular flexibility index (Phi) is 5.76. The maximum absolute atomic E-state index is 11.9. The van der Waals surface area contributed by atoms with Crippen LogP contribution in [0.5, 0.6) is 11.5 Å². The van der Waals surface area contributed by atoms with E-state index in [1.54, 1.807) is 24.3 Å². The van der Waals surface area contributed by atoms with Crippen LogP contribution in [0.1, 0.15) is 10.4 Å². The molecule has 0 aliphatic carbocycles. The van der Waals surface area contributed by atoms with Crippen molar-refractivity contribution in [2.24, 2.45) is 0 Å². The first-order valence-electron chi connectivity index (χ1n) is 6.44. The monoisotopic (exact) mass is 411 g/mol. The Hall–Kier alpha value is -2.09. The van der Waals surface area contributed by atoms with Crippen LogP contribution in [-0.2, 0) is 4.79 Å². The van der Waals surface area contributed by atoms with E-state index in [1.807, 2.05) is 18.2 Å². The van der Waals surface area contributed by atoms with E-state index in [0.717, 1.165) is 9.86 Å². The minimum absolute atomic E-state index is 0.151. The van der Waals surface area contributed by atoms with E-state index < -0.39 is 0 Å². The molecule has 2 rings (SSSR count). The van der Waals surface area contributed by atoms with E-state index in [9.17, 15) is 9.59 Å². The molecule has 1 N–H and O–H groups in total. The average molecular weight is 411 g/mol. The fraction of sp³-hybridized carbons (Fsp3) is 0.125. The van der Waals surface area contributed by atoms with Crippen molar-refractivity contribution >= 4 is 40.5 Å². The lowest BCUT2D eigenvalue weighted by Crippen LogP contribution is -2.20. The Morgan fingerprint density at radius 2 is 2.05 bits per heavy atom. The Labute approximate surface area is 141 Å². The minimum Gasteiger partial charge on any atom is -0.493 e. The molecule has 0 bridgehead atoms. The van der Waals surface area contributed by atoms with Crippen molar-refractivity contribution in [2.45, 2.75) is 0 Å². The van der Waals surface area contributed by atoms with Crippen LogP contribution >= 0.6 is 22.6 Å². The van der Waals surface area contributed by atoms with Gasteiger partial charge in [0, 0.05) is 14.8 Å². The van der Waals surface area contributed by atoms with Crippen LogP contribution in [0.2, 0.25) is 0 Å². The predicted molar refractivity (Wildman–Crippen MR) is 91.7 cm³/mol. The zero-order chi connectivity index (χ0) is 15.9. The van der Waals surface area contributed by atoms with Crippen LogP contribution in [0, 0.1) is 3.57 Å². The van der Waals surface area contributed by atoms with Gasteiger partial charge in [-0.25, -0.2) is 0 Å². The summed E-state index contributed by atoms with van der Waals surface area (Å²) in [5.41, 5.74) is 1.19. The number of nitrogens with one attached hydrogen (secondary N) is 1. The number of hydrogen-bond acceptors (Lipinski definition) is 4. The lowest BCUT2D eigenvalue weighted by Gasteiger charge is -2.11. The molecule has 0 aliphatic rings. The van der Waals surface area contributed by atoms with Gasteiger partial charge >= 0.3 is 0 Å². The molecule has 0 aromatic heterocycles. The Morgan fingerprint density at radius 1 is 1.23 bits per heavy atom. The number of carbonyl (C=O) groups excluding carboxylic acids is 2. The van der Waals surface area contributed by atoms with Gasteiger partial charge < -0.3 is 14.8 Å². The fourth-order valence-electron chi connectivity index (χ4n) is 1.78. The van der Waals surface area contributed by atoms with E-state index in [2.05, 4.69) is 27.9 Å². The van der Waals surface area contributed by atoms with Crippen molar-refractivity contribution in [3.8, 4) is 11.5 Å². The van der Waals surface area contributed by atoms with Crippen molar-refractivity contribution < 1.29 is 19.1 Å². The summed E-state index contributed by atoms with van der Waals surface area (Å²) in [4.78, 5) is 22.6. The number of aldehydes is 1. The van der Waals surface area contributed by atoms with Crippen LogP contribution in [0.25, 0.3) is 0 Å². The number of benzene rings is 2. The molecule has 114 valence electrons. The number of anilines is 1. The summed E-state index contributed by atoms with van der Waals surface area (Å²) < 4.78 is 11.6. The number of carbonyl (C=O) groups is 2. The van der Waals surface area contributed by atoms with E-state index >= 15 is 0 Å². The van der Waals surface area contributed by atoms with Gasteiger partial charge in [-0.1, -0.05) is 6.07 Å². The van der Waals surface area contributed by atoms with E-state index in [0.29, 0.717) is 22.7 Å². The zero-order valence-electron chi connectivity index (χ0n) is 11.8. The standard InChI is InChI=1S/C16H14INO4/c1-21-15-7-11(9-19)5-6-14(15)22-10-16(20)18-13-4-2-3-12(17)8-13/h2-9H,10H2,1H3,(H,18,20). The number of methoxy groups -OCH3 is 1. The van der Waals surface area contributed by atoms with E-state index in [1.165, 1.54) is 7.11 Å². The third-order valence-electron chi connectivity index (χ3n) is 2.79. The van der Waals surface area contributed by atoms with E-state index in [-0.39, 0.29) is 12.5 Å². The lowest BCUT2D eigenvalue weighted by molar-refractivity contribution is -0.118. The molecular weight excluding hydrogens is 397 g/mol. The van der Waals surface area contributed by atoms with Gasteiger partial charge in [0.05, 0.1) is 7.11 Å². The highest BCUT2D eigenvalue weighted by Gasteiger charge is 2.09. The first-order chi connectivity index (χ1) is 10.6. The molecule has 6 heteroatoms. The SMILES string of the molecule is COc1cc(C=O)ccc1OCC(=O)Nc1cccc(I)c1. The smallest absolute Gasteiger partial charge is 0.262 e. The highest BCUT2D eigenvalue weighted by molar-refractivity contribution is 14.1. The highest BCUT2D eigenvalue weighted by Crippen LogP contribution is 2.27. The molecule has 0 atom stereocenters. The van der Waals surface area contributed by atoms with Gasteiger partial charge in [0.1, 0.15) is 6.29 Å². The van der Waals surface area contributed by atoms with Crippen molar-refractivity contribution in [3.05, 3.63) is 51.6 Å². The zero-order valence-corrected chi connectivity index (χ0v) is 14.0. The number of halogens is 1. The molecule has 1 amide bonds. The summed E-state index contributed by atoms with van der Waals surface area (Å²) in [5, 5.41) is 2.75. The summed E-state index contributed by atoms with van der Waals surface area (Å²) in [7, 11) is 1.47. The second-order valence-electron chi connectivity index (χ2n) is 4.38. The molecule has 0 radical (unpaired) electrons. The van der Waals surface area contributed by atoms with Gasteiger partial charge in [0.15, 0.2) is 18.1 Å². The quantitative estimate of drug-likeness (QED) is 0.586. The number of hydrogen-bond donors (Lipinski definition) is 1. The van der Waals surface area contributed by atoms with Crippen molar-refractivity contribution in [1.29, 1.82) is 0 Å². The third kappa shape index (κ3) is 4.45. The number of amides is 1. The fourth-order valence-corrected chi connectivity index (χ4v) is 2.33. The molecular formula is C16H14INO4. The Morgan fingerprint density at radius 3 is 2.73 bits per heavy atom. The summed E-state index contributed by atoms with van der Waals surface area (Å²) in [6.07, 6.45) is 0.718. The molecule has 2 aromatic rings.